The number of hydrogen-bond acceptors (Lipinski definition) is 4. The molecular formula is C13H19ClN2O3. The second kappa shape index (κ2) is 6.84. The lowest BCUT2D eigenvalue weighted by Crippen LogP contribution is -2.42. The summed E-state index contributed by atoms with van der Waals surface area (Å²) in [5.41, 5.74) is 0.361. The summed E-state index contributed by atoms with van der Waals surface area (Å²) >= 11 is 5.88. The molecule has 0 radical (unpaired) electrons. The van der Waals surface area contributed by atoms with Crippen molar-refractivity contribution in [3.8, 4) is 0 Å². The largest absolute Gasteiger partial charge is 0.396 e. The van der Waals surface area contributed by atoms with E-state index < -0.39 is 4.92 Å². The Morgan fingerprint density at radius 3 is 2.74 bits per heavy atom. The number of nitrogens with one attached hydrogen (secondary N) is 1. The number of halogens is 1. The molecule has 0 aromatic heterocycles. The van der Waals surface area contributed by atoms with Crippen molar-refractivity contribution in [2.75, 3.05) is 6.61 Å². The van der Waals surface area contributed by atoms with Gasteiger partial charge in [-0.1, -0.05) is 18.5 Å². The van der Waals surface area contributed by atoms with Crippen LogP contribution in [0.1, 0.15) is 32.3 Å². The van der Waals surface area contributed by atoms with Crippen LogP contribution in [0.3, 0.4) is 0 Å². The third-order valence-corrected chi connectivity index (χ3v) is 3.62. The Balaban J connectivity index is 2.87. The zero-order chi connectivity index (χ0) is 14.5. The first-order chi connectivity index (χ1) is 8.91. The quantitative estimate of drug-likeness (QED) is 0.597. The van der Waals surface area contributed by atoms with Crippen LogP contribution in [-0.2, 0) is 6.54 Å². The second-order valence-electron chi connectivity index (χ2n) is 4.77. The molecule has 0 bridgehead atoms. The summed E-state index contributed by atoms with van der Waals surface area (Å²) in [6, 6.07) is 4.52. The van der Waals surface area contributed by atoms with Gasteiger partial charge in [-0.2, -0.15) is 0 Å². The minimum absolute atomic E-state index is 0.0550. The van der Waals surface area contributed by atoms with Gasteiger partial charge in [0, 0.05) is 35.3 Å². The Kier molecular flexibility index (Phi) is 5.72. The molecule has 0 aliphatic rings. The van der Waals surface area contributed by atoms with E-state index in [9.17, 15) is 10.1 Å². The SMILES string of the molecule is CCC(C)(CCO)NCc1cc(Cl)ccc1[N+](=O)[O-]. The highest BCUT2D eigenvalue weighted by atomic mass is 35.5. The molecule has 6 heteroatoms. The molecule has 0 spiro atoms. The van der Waals surface area contributed by atoms with Gasteiger partial charge in [-0.15, -0.1) is 0 Å². The van der Waals surface area contributed by atoms with E-state index in [2.05, 4.69) is 5.32 Å². The molecule has 1 atom stereocenters. The number of nitro groups is 1. The summed E-state index contributed by atoms with van der Waals surface area (Å²) in [6.45, 7) is 4.42. The number of nitro benzene ring substituents is 1. The van der Waals surface area contributed by atoms with E-state index >= 15 is 0 Å². The lowest BCUT2D eigenvalue weighted by atomic mass is 9.94. The second-order valence-corrected chi connectivity index (χ2v) is 5.21. The van der Waals surface area contributed by atoms with E-state index in [1.165, 1.54) is 12.1 Å². The first-order valence-electron chi connectivity index (χ1n) is 6.20. The molecular weight excluding hydrogens is 268 g/mol. The van der Waals surface area contributed by atoms with Gasteiger partial charge >= 0.3 is 0 Å². The van der Waals surface area contributed by atoms with Gasteiger partial charge < -0.3 is 10.4 Å². The average Bonchev–Trinajstić information content (AvgIpc) is 2.36. The molecule has 0 aliphatic carbocycles. The minimum atomic E-state index is -0.414. The fraction of sp³-hybridized carbons (Fsp3) is 0.538. The van der Waals surface area contributed by atoms with Gasteiger partial charge in [0.2, 0.25) is 0 Å². The Bertz CT molecular complexity index is 454. The van der Waals surface area contributed by atoms with Crippen LogP contribution in [-0.4, -0.2) is 22.2 Å². The van der Waals surface area contributed by atoms with E-state index in [0.717, 1.165) is 6.42 Å². The van der Waals surface area contributed by atoms with E-state index in [0.29, 0.717) is 23.6 Å². The Labute approximate surface area is 117 Å². The fourth-order valence-corrected chi connectivity index (χ4v) is 2.01. The number of nitrogens with zero attached hydrogens (tertiary/aromatic N) is 1. The normalized spacial score (nSPS) is 14.1. The van der Waals surface area contributed by atoms with Crippen molar-refractivity contribution in [1.29, 1.82) is 0 Å². The maximum Gasteiger partial charge on any atom is 0.273 e. The third kappa shape index (κ3) is 4.45. The highest BCUT2D eigenvalue weighted by molar-refractivity contribution is 6.30. The van der Waals surface area contributed by atoms with Crippen LogP contribution in [0.25, 0.3) is 0 Å². The Morgan fingerprint density at radius 2 is 2.21 bits per heavy atom. The smallest absolute Gasteiger partial charge is 0.273 e. The maximum absolute atomic E-state index is 10.9. The lowest BCUT2D eigenvalue weighted by Gasteiger charge is -2.29. The lowest BCUT2D eigenvalue weighted by molar-refractivity contribution is -0.385. The molecule has 0 amide bonds. The van der Waals surface area contributed by atoms with Crippen LogP contribution in [0.2, 0.25) is 5.02 Å². The summed E-state index contributed by atoms with van der Waals surface area (Å²) in [6.07, 6.45) is 1.42. The summed E-state index contributed by atoms with van der Waals surface area (Å²) in [4.78, 5) is 10.5. The minimum Gasteiger partial charge on any atom is -0.396 e. The highest BCUT2D eigenvalue weighted by Crippen LogP contribution is 2.24. The van der Waals surface area contributed by atoms with Gasteiger partial charge in [0.05, 0.1) is 4.92 Å². The van der Waals surface area contributed by atoms with Crippen molar-refractivity contribution < 1.29 is 10.0 Å². The standard InChI is InChI=1S/C13H19ClN2O3/c1-3-13(2,6-7-17)15-9-10-8-11(14)4-5-12(10)16(18)19/h4-5,8,15,17H,3,6-7,9H2,1-2H3. The fourth-order valence-electron chi connectivity index (χ4n) is 1.82. The van der Waals surface area contributed by atoms with Gasteiger partial charge in [0.25, 0.3) is 5.69 Å². The number of hydrogen-bond donors (Lipinski definition) is 2. The van der Waals surface area contributed by atoms with Crippen LogP contribution in [0.4, 0.5) is 5.69 Å². The zero-order valence-electron chi connectivity index (χ0n) is 11.1. The van der Waals surface area contributed by atoms with E-state index in [4.69, 9.17) is 16.7 Å². The monoisotopic (exact) mass is 286 g/mol. The molecule has 0 saturated heterocycles. The summed E-state index contributed by atoms with van der Waals surface area (Å²) < 4.78 is 0. The summed E-state index contributed by atoms with van der Waals surface area (Å²) in [7, 11) is 0. The van der Waals surface area contributed by atoms with E-state index in [-0.39, 0.29) is 17.8 Å². The van der Waals surface area contributed by atoms with E-state index in [1.807, 2.05) is 13.8 Å². The van der Waals surface area contributed by atoms with Gasteiger partial charge in [-0.3, -0.25) is 10.1 Å². The Hall–Kier alpha value is -1.17. The summed E-state index contributed by atoms with van der Waals surface area (Å²) in [5.74, 6) is 0. The van der Waals surface area contributed by atoms with Crippen molar-refractivity contribution in [2.24, 2.45) is 0 Å². The first-order valence-corrected chi connectivity index (χ1v) is 6.58. The van der Waals surface area contributed by atoms with Crippen molar-refractivity contribution in [3.05, 3.63) is 38.9 Å². The molecule has 0 heterocycles. The van der Waals surface area contributed by atoms with Crippen LogP contribution in [0.5, 0.6) is 0 Å². The third-order valence-electron chi connectivity index (χ3n) is 3.39. The van der Waals surface area contributed by atoms with Gasteiger partial charge in [-0.05, 0) is 31.9 Å². The van der Waals surface area contributed by atoms with Crippen LogP contribution in [0.15, 0.2) is 18.2 Å². The average molecular weight is 287 g/mol. The van der Waals surface area contributed by atoms with Gasteiger partial charge in [0.1, 0.15) is 0 Å². The maximum atomic E-state index is 10.9. The molecule has 0 fully saturated rings. The van der Waals surface area contributed by atoms with Crippen molar-refractivity contribution in [2.45, 2.75) is 38.8 Å². The van der Waals surface area contributed by atoms with E-state index in [1.54, 1.807) is 6.07 Å². The molecule has 5 nitrogen and oxygen atoms in total. The molecule has 106 valence electrons. The predicted molar refractivity (Wildman–Crippen MR) is 75.3 cm³/mol. The highest BCUT2D eigenvalue weighted by Gasteiger charge is 2.22. The predicted octanol–water partition coefficient (Wildman–Crippen LogP) is 2.89. The first kappa shape index (κ1) is 15.9. The molecule has 19 heavy (non-hydrogen) atoms. The van der Waals surface area contributed by atoms with Crippen LogP contribution < -0.4 is 5.32 Å². The number of rotatable bonds is 7. The van der Waals surface area contributed by atoms with Gasteiger partial charge in [-0.25, -0.2) is 0 Å². The molecule has 1 rings (SSSR count). The molecule has 2 N–H and O–H groups in total. The molecule has 1 unspecified atom stereocenters. The summed E-state index contributed by atoms with van der Waals surface area (Å²) in [5, 5.41) is 23.7. The zero-order valence-corrected chi connectivity index (χ0v) is 11.9. The van der Waals surface area contributed by atoms with Crippen molar-refractivity contribution in [3.63, 3.8) is 0 Å². The number of aliphatic hydroxyl groups excluding tert-OH is 1. The van der Waals surface area contributed by atoms with Crippen LogP contribution in [0, 0.1) is 10.1 Å². The topological polar surface area (TPSA) is 75.4 Å². The molecule has 1 aromatic rings. The van der Waals surface area contributed by atoms with Crippen LogP contribution >= 0.6 is 11.6 Å². The number of benzene rings is 1. The molecule has 0 saturated carbocycles. The molecule has 1 aromatic carbocycles. The van der Waals surface area contributed by atoms with Crippen molar-refractivity contribution in [1.82, 2.24) is 5.32 Å². The molecule has 0 aliphatic heterocycles. The van der Waals surface area contributed by atoms with Gasteiger partial charge in [0.15, 0.2) is 0 Å². The number of aliphatic hydroxyl groups is 1. The Morgan fingerprint density at radius 1 is 1.53 bits per heavy atom. The van der Waals surface area contributed by atoms with Crippen molar-refractivity contribution >= 4 is 17.3 Å².